The molecule has 3 nitrogen and oxygen atoms in total. The van der Waals surface area contributed by atoms with Crippen LogP contribution in [0.15, 0.2) is 52.5 Å². The van der Waals surface area contributed by atoms with Crippen molar-refractivity contribution in [3.8, 4) is 18.2 Å². The average molecular weight is 478 g/mol. The quantitative estimate of drug-likeness (QED) is 0.282. The van der Waals surface area contributed by atoms with Crippen LogP contribution in [0.25, 0.3) is 36.5 Å². The summed E-state index contributed by atoms with van der Waals surface area (Å²) in [5.41, 5.74) is 2.50. The highest BCUT2D eigenvalue weighted by atomic mass is 32.1. The zero-order valence-electron chi connectivity index (χ0n) is 17.2. The number of rotatable bonds is 6. The Balaban J connectivity index is 1.99. The van der Waals surface area contributed by atoms with Crippen LogP contribution >= 0.6 is 34.0 Å². The molecule has 3 heterocycles. The Kier molecular flexibility index (Phi) is 7.10. The summed E-state index contributed by atoms with van der Waals surface area (Å²) in [6, 6.07) is 18.5. The number of thiophene rings is 3. The van der Waals surface area contributed by atoms with Gasteiger partial charge in [0.15, 0.2) is 0 Å². The first-order valence-corrected chi connectivity index (χ1v) is 12.5. The van der Waals surface area contributed by atoms with Crippen molar-refractivity contribution in [3.63, 3.8) is 0 Å². The van der Waals surface area contributed by atoms with Crippen molar-refractivity contribution in [3.05, 3.63) is 101 Å². The molecular formula is C27H15N3S3. The second-order valence-electron chi connectivity index (χ2n) is 6.75. The van der Waals surface area contributed by atoms with Crippen LogP contribution in [0, 0.1) is 34.0 Å². The van der Waals surface area contributed by atoms with E-state index in [-0.39, 0.29) is 0 Å². The van der Waals surface area contributed by atoms with Crippen molar-refractivity contribution in [1.29, 1.82) is 15.8 Å². The van der Waals surface area contributed by atoms with Crippen LogP contribution in [0.3, 0.4) is 0 Å². The molecule has 0 bridgehead atoms. The number of nitriles is 3. The standard InChI is InChI=1S/C27H15N3S3/c28-16-25-22(10-7-19-4-1-13-31-19)26(17-29)24(12-9-21-6-3-15-33-21)27(18-30)23(25)11-8-20-5-2-14-32-20/h1-15H. The fourth-order valence-corrected chi connectivity index (χ4v) is 5.18. The molecule has 0 aliphatic heterocycles. The lowest BCUT2D eigenvalue weighted by molar-refractivity contribution is 1.37. The summed E-state index contributed by atoms with van der Waals surface area (Å²) < 4.78 is 0. The number of hydrogen-bond acceptors (Lipinski definition) is 6. The van der Waals surface area contributed by atoms with Gasteiger partial charge in [-0.25, -0.2) is 0 Å². The fourth-order valence-electron chi connectivity index (χ4n) is 3.33. The van der Waals surface area contributed by atoms with E-state index in [1.165, 1.54) is 0 Å². The molecule has 0 unspecified atom stereocenters. The molecule has 0 saturated carbocycles. The molecule has 0 saturated heterocycles. The number of hydrogen-bond donors (Lipinski definition) is 0. The van der Waals surface area contributed by atoms with Crippen molar-refractivity contribution in [1.82, 2.24) is 0 Å². The van der Waals surface area contributed by atoms with Gasteiger partial charge in [-0.1, -0.05) is 36.4 Å². The Hall–Kier alpha value is -3.99. The lowest BCUT2D eigenvalue weighted by Crippen LogP contribution is -2.02. The molecule has 1 aromatic carbocycles. The van der Waals surface area contributed by atoms with E-state index < -0.39 is 0 Å². The van der Waals surface area contributed by atoms with Gasteiger partial charge in [0.1, 0.15) is 18.2 Å². The number of benzene rings is 1. The molecule has 0 aliphatic rings. The van der Waals surface area contributed by atoms with Crippen LogP contribution in [0.4, 0.5) is 0 Å². The van der Waals surface area contributed by atoms with Gasteiger partial charge in [-0.15, -0.1) is 34.0 Å². The topological polar surface area (TPSA) is 71.4 Å². The first-order valence-electron chi connectivity index (χ1n) is 9.84. The maximum atomic E-state index is 10.1. The maximum absolute atomic E-state index is 10.1. The van der Waals surface area contributed by atoms with Gasteiger partial charge in [0.2, 0.25) is 0 Å². The molecule has 3 aromatic heterocycles. The van der Waals surface area contributed by atoms with Gasteiger partial charge in [0.05, 0.1) is 16.7 Å². The molecule has 33 heavy (non-hydrogen) atoms. The lowest BCUT2D eigenvalue weighted by Gasteiger charge is -2.13. The van der Waals surface area contributed by atoms with Crippen LogP contribution in [-0.4, -0.2) is 0 Å². The second-order valence-corrected chi connectivity index (χ2v) is 9.69. The van der Waals surface area contributed by atoms with Crippen LogP contribution in [0.2, 0.25) is 0 Å². The van der Waals surface area contributed by atoms with E-state index in [2.05, 4.69) is 18.2 Å². The third-order valence-electron chi connectivity index (χ3n) is 4.82. The molecular weight excluding hydrogens is 463 g/mol. The van der Waals surface area contributed by atoms with Gasteiger partial charge in [-0.05, 0) is 52.6 Å². The van der Waals surface area contributed by atoms with E-state index in [0.717, 1.165) is 14.6 Å². The predicted molar refractivity (Wildman–Crippen MR) is 140 cm³/mol. The third-order valence-corrected chi connectivity index (χ3v) is 7.34. The lowest BCUT2D eigenvalue weighted by atomic mass is 9.86. The molecule has 0 aliphatic carbocycles. The van der Waals surface area contributed by atoms with Gasteiger partial charge in [0, 0.05) is 31.3 Å². The van der Waals surface area contributed by atoms with Crippen LogP contribution in [-0.2, 0) is 0 Å². The zero-order chi connectivity index (χ0) is 23.0. The first-order chi connectivity index (χ1) is 16.2. The van der Waals surface area contributed by atoms with Crippen LogP contribution in [0.5, 0.6) is 0 Å². The Labute approximate surface area is 204 Å². The molecule has 4 rings (SSSR count). The van der Waals surface area contributed by atoms with Gasteiger partial charge in [0.25, 0.3) is 0 Å². The minimum Gasteiger partial charge on any atom is -0.192 e. The van der Waals surface area contributed by atoms with Crippen molar-refractivity contribution < 1.29 is 0 Å². The highest BCUT2D eigenvalue weighted by molar-refractivity contribution is 7.11. The van der Waals surface area contributed by atoms with E-state index in [1.54, 1.807) is 52.2 Å². The second kappa shape index (κ2) is 10.6. The Morgan fingerprint density at radius 3 is 1.00 bits per heavy atom. The summed E-state index contributed by atoms with van der Waals surface area (Å²) in [6.07, 6.45) is 11.1. The molecule has 0 fully saturated rings. The van der Waals surface area contributed by atoms with Gasteiger partial charge in [-0.2, -0.15) is 15.8 Å². The first kappa shape index (κ1) is 22.2. The highest BCUT2D eigenvalue weighted by Crippen LogP contribution is 2.33. The van der Waals surface area contributed by atoms with Gasteiger partial charge < -0.3 is 0 Å². The minimum atomic E-state index is 0.317. The number of nitrogens with zero attached hydrogens (tertiary/aromatic N) is 3. The molecule has 0 spiro atoms. The third kappa shape index (κ3) is 4.93. The summed E-state index contributed by atoms with van der Waals surface area (Å²) >= 11 is 4.72. The Bertz CT molecular complexity index is 1260. The normalized spacial score (nSPS) is 11.2. The smallest absolute Gasteiger partial charge is 0.100 e. The maximum Gasteiger partial charge on any atom is 0.100 e. The molecule has 6 heteroatoms. The summed E-state index contributed by atoms with van der Waals surface area (Å²) in [6.45, 7) is 0. The minimum absolute atomic E-state index is 0.317. The summed E-state index contributed by atoms with van der Waals surface area (Å²) in [5.74, 6) is 0. The van der Waals surface area contributed by atoms with E-state index in [0.29, 0.717) is 33.4 Å². The molecule has 0 amide bonds. The highest BCUT2D eigenvalue weighted by Gasteiger charge is 2.20. The van der Waals surface area contributed by atoms with E-state index >= 15 is 0 Å². The van der Waals surface area contributed by atoms with Crippen molar-refractivity contribution in [2.45, 2.75) is 0 Å². The van der Waals surface area contributed by atoms with E-state index in [4.69, 9.17) is 0 Å². The molecule has 4 aromatic rings. The molecule has 0 radical (unpaired) electrons. The van der Waals surface area contributed by atoms with Crippen molar-refractivity contribution in [2.24, 2.45) is 0 Å². The van der Waals surface area contributed by atoms with E-state index in [1.807, 2.05) is 70.8 Å². The Morgan fingerprint density at radius 2 is 0.788 bits per heavy atom. The molecule has 156 valence electrons. The Morgan fingerprint density at radius 1 is 0.485 bits per heavy atom. The fraction of sp³-hybridized carbons (Fsp3) is 0. The SMILES string of the molecule is N#Cc1c(C=Cc2cccs2)c(C#N)c(C=Cc2cccs2)c(C#N)c1C=Cc1cccs1. The predicted octanol–water partition coefficient (Wildman–Crippen LogP) is 8.00. The average Bonchev–Trinajstić information content (AvgIpc) is 3.63. The van der Waals surface area contributed by atoms with Crippen molar-refractivity contribution in [2.75, 3.05) is 0 Å². The summed E-state index contributed by atoms with van der Waals surface area (Å²) in [7, 11) is 0. The zero-order valence-corrected chi connectivity index (χ0v) is 19.7. The van der Waals surface area contributed by atoms with Crippen molar-refractivity contribution >= 4 is 70.5 Å². The van der Waals surface area contributed by atoms with Crippen LogP contribution in [0.1, 0.15) is 48.0 Å². The molecule has 0 N–H and O–H groups in total. The van der Waals surface area contributed by atoms with E-state index in [9.17, 15) is 15.8 Å². The summed E-state index contributed by atoms with van der Waals surface area (Å²) in [5, 5.41) is 36.1. The van der Waals surface area contributed by atoms with Gasteiger partial charge >= 0.3 is 0 Å². The molecule has 0 atom stereocenters. The van der Waals surface area contributed by atoms with Gasteiger partial charge in [-0.3, -0.25) is 0 Å². The largest absolute Gasteiger partial charge is 0.192 e. The monoisotopic (exact) mass is 477 g/mol. The summed E-state index contributed by atoms with van der Waals surface area (Å²) in [4.78, 5) is 3.04. The van der Waals surface area contributed by atoms with Crippen LogP contribution < -0.4 is 0 Å².